The molecule has 0 saturated heterocycles. The second kappa shape index (κ2) is 6.24. The molecule has 3 N–H and O–H groups in total. The van der Waals surface area contributed by atoms with Gasteiger partial charge in [-0.05, 0) is 25.7 Å². The van der Waals surface area contributed by atoms with Crippen LogP contribution in [0.3, 0.4) is 0 Å². The quantitative estimate of drug-likeness (QED) is 0.335. The third-order valence-corrected chi connectivity index (χ3v) is 4.22. The van der Waals surface area contributed by atoms with Crippen molar-refractivity contribution in [3.05, 3.63) is 0 Å². The molecule has 0 aromatic carbocycles. The molecule has 17 heavy (non-hydrogen) atoms. The largest absolute Gasteiger partial charge is 0.342 e. The highest BCUT2D eigenvalue weighted by atomic mass is 15.4. The minimum absolute atomic E-state index is 0.493. The van der Waals surface area contributed by atoms with Crippen LogP contribution in [0, 0.1) is 0 Å². The summed E-state index contributed by atoms with van der Waals surface area (Å²) >= 11 is 0. The van der Waals surface area contributed by atoms with Crippen LogP contribution >= 0.6 is 0 Å². The number of aliphatic imine (C=N–C) groups is 1. The number of rotatable bonds is 2. The lowest BCUT2D eigenvalue weighted by Crippen LogP contribution is -2.48. The predicted molar refractivity (Wildman–Crippen MR) is 71.7 cm³/mol. The van der Waals surface area contributed by atoms with Gasteiger partial charge >= 0.3 is 0 Å². The summed E-state index contributed by atoms with van der Waals surface area (Å²) in [6.07, 6.45) is 11.7. The highest BCUT2D eigenvalue weighted by Crippen LogP contribution is 2.24. The Labute approximate surface area is 105 Å². The van der Waals surface area contributed by atoms with Gasteiger partial charge < -0.3 is 4.90 Å². The van der Waals surface area contributed by atoms with E-state index in [0.717, 1.165) is 5.96 Å². The molecule has 4 heteroatoms. The lowest BCUT2D eigenvalue weighted by atomic mass is 9.95. The van der Waals surface area contributed by atoms with Gasteiger partial charge in [0.2, 0.25) is 5.96 Å². The minimum Gasteiger partial charge on any atom is -0.342 e. The molecule has 2 rings (SSSR count). The summed E-state index contributed by atoms with van der Waals surface area (Å²) in [7, 11) is 2.13. The third kappa shape index (κ3) is 3.35. The monoisotopic (exact) mass is 238 g/mol. The van der Waals surface area contributed by atoms with Crippen molar-refractivity contribution in [2.24, 2.45) is 10.8 Å². The number of nitrogens with one attached hydrogen (secondary N) is 1. The van der Waals surface area contributed by atoms with Crippen LogP contribution in [0.1, 0.15) is 57.8 Å². The molecule has 2 aliphatic rings. The van der Waals surface area contributed by atoms with E-state index in [4.69, 9.17) is 10.8 Å². The van der Waals surface area contributed by atoms with Crippen LogP contribution in [0.25, 0.3) is 0 Å². The van der Waals surface area contributed by atoms with Crippen molar-refractivity contribution < 1.29 is 0 Å². The van der Waals surface area contributed by atoms with E-state index in [0.29, 0.717) is 12.1 Å². The van der Waals surface area contributed by atoms with Crippen LogP contribution in [0.5, 0.6) is 0 Å². The molecule has 0 bridgehead atoms. The first-order valence-electron chi connectivity index (χ1n) is 7.08. The molecule has 2 saturated carbocycles. The van der Waals surface area contributed by atoms with E-state index in [-0.39, 0.29) is 0 Å². The lowest BCUT2D eigenvalue weighted by molar-refractivity contribution is 0.270. The zero-order valence-electron chi connectivity index (χ0n) is 11.0. The smallest absolute Gasteiger partial charge is 0.208 e. The molecule has 0 spiro atoms. The van der Waals surface area contributed by atoms with Gasteiger partial charge in [0.05, 0.1) is 6.04 Å². The molecule has 0 amide bonds. The molecule has 0 atom stereocenters. The maximum Gasteiger partial charge on any atom is 0.208 e. The molecule has 0 aliphatic heterocycles. The van der Waals surface area contributed by atoms with Gasteiger partial charge in [0, 0.05) is 13.1 Å². The number of hydrogen-bond acceptors (Lipinski definition) is 2. The Hall–Kier alpha value is -0.770. The van der Waals surface area contributed by atoms with E-state index < -0.39 is 0 Å². The van der Waals surface area contributed by atoms with E-state index >= 15 is 0 Å². The van der Waals surface area contributed by atoms with Crippen molar-refractivity contribution in [1.82, 2.24) is 10.3 Å². The molecule has 2 fully saturated rings. The van der Waals surface area contributed by atoms with Crippen molar-refractivity contribution in [1.29, 1.82) is 0 Å². The Bertz CT molecular complexity index is 252. The van der Waals surface area contributed by atoms with Crippen molar-refractivity contribution in [2.45, 2.75) is 69.9 Å². The van der Waals surface area contributed by atoms with Crippen LogP contribution in [0.4, 0.5) is 0 Å². The number of hydrazine groups is 1. The second-order valence-corrected chi connectivity index (χ2v) is 5.44. The summed E-state index contributed by atoms with van der Waals surface area (Å²) in [5.41, 5.74) is 2.80. The first-order valence-corrected chi connectivity index (χ1v) is 7.08. The molecule has 0 aromatic rings. The van der Waals surface area contributed by atoms with Crippen LogP contribution < -0.4 is 11.3 Å². The van der Waals surface area contributed by atoms with Gasteiger partial charge in [-0.1, -0.05) is 32.1 Å². The summed E-state index contributed by atoms with van der Waals surface area (Å²) in [4.78, 5) is 7.04. The van der Waals surface area contributed by atoms with E-state index in [2.05, 4.69) is 17.4 Å². The van der Waals surface area contributed by atoms with Crippen molar-refractivity contribution in [3.8, 4) is 0 Å². The topological polar surface area (TPSA) is 53.6 Å². The van der Waals surface area contributed by atoms with Crippen molar-refractivity contribution in [3.63, 3.8) is 0 Å². The van der Waals surface area contributed by atoms with Gasteiger partial charge in [0.1, 0.15) is 0 Å². The normalized spacial score (nSPS) is 24.0. The second-order valence-electron chi connectivity index (χ2n) is 5.44. The highest BCUT2D eigenvalue weighted by Gasteiger charge is 2.22. The highest BCUT2D eigenvalue weighted by molar-refractivity contribution is 5.79. The van der Waals surface area contributed by atoms with Crippen LogP contribution in [0.2, 0.25) is 0 Å². The van der Waals surface area contributed by atoms with Gasteiger partial charge in [0.25, 0.3) is 0 Å². The summed E-state index contributed by atoms with van der Waals surface area (Å²) in [6.45, 7) is 0. The van der Waals surface area contributed by atoms with Gasteiger partial charge in [-0.3, -0.25) is 5.43 Å². The van der Waals surface area contributed by atoms with Gasteiger partial charge in [-0.25, -0.2) is 10.8 Å². The van der Waals surface area contributed by atoms with Crippen LogP contribution in [-0.4, -0.2) is 30.0 Å². The number of hydrogen-bond donors (Lipinski definition) is 2. The zero-order valence-corrected chi connectivity index (χ0v) is 11.0. The first-order chi connectivity index (χ1) is 8.31. The van der Waals surface area contributed by atoms with Crippen molar-refractivity contribution in [2.75, 3.05) is 7.05 Å². The maximum atomic E-state index is 5.64. The first kappa shape index (κ1) is 12.7. The lowest BCUT2D eigenvalue weighted by Gasteiger charge is -2.33. The fraction of sp³-hybridized carbons (Fsp3) is 0.923. The molecule has 0 aromatic heterocycles. The van der Waals surface area contributed by atoms with E-state index in [1.54, 1.807) is 0 Å². The molecule has 0 radical (unpaired) electrons. The van der Waals surface area contributed by atoms with E-state index in [9.17, 15) is 0 Å². The van der Waals surface area contributed by atoms with Gasteiger partial charge in [-0.15, -0.1) is 0 Å². The fourth-order valence-corrected chi connectivity index (χ4v) is 3.08. The maximum absolute atomic E-state index is 5.64. The SMILES string of the molecule is CN(C(=NC1CCCC1)NN)C1CCCCC1. The molecular formula is C13H26N4. The molecule has 4 nitrogen and oxygen atoms in total. The summed E-state index contributed by atoms with van der Waals surface area (Å²) in [6, 6.07) is 1.12. The molecule has 2 aliphatic carbocycles. The van der Waals surface area contributed by atoms with Crippen LogP contribution in [-0.2, 0) is 0 Å². The molecule has 98 valence electrons. The predicted octanol–water partition coefficient (Wildman–Crippen LogP) is 2.01. The Morgan fingerprint density at radius 2 is 1.65 bits per heavy atom. The zero-order chi connectivity index (χ0) is 12.1. The van der Waals surface area contributed by atoms with E-state index in [1.807, 2.05) is 0 Å². The van der Waals surface area contributed by atoms with E-state index in [1.165, 1.54) is 57.8 Å². The fourth-order valence-electron chi connectivity index (χ4n) is 3.08. The van der Waals surface area contributed by atoms with Crippen LogP contribution in [0.15, 0.2) is 4.99 Å². The average Bonchev–Trinajstić information content (AvgIpc) is 2.89. The number of guanidine groups is 1. The summed E-state index contributed by atoms with van der Waals surface area (Å²) in [5, 5.41) is 0. The van der Waals surface area contributed by atoms with Gasteiger partial charge in [0.15, 0.2) is 0 Å². The molecular weight excluding hydrogens is 212 g/mol. The summed E-state index contributed by atoms with van der Waals surface area (Å²) in [5.74, 6) is 6.53. The molecule has 0 unspecified atom stereocenters. The third-order valence-electron chi connectivity index (χ3n) is 4.22. The minimum atomic E-state index is 0.493. The Morgan fingerprint density at radius 1 is 1.06 bits per heavy atom. The standard InChI is InChI=1S/C13H26N4/c1-17(12-9-3-2-4-10-12)13(16-14)15-11-7-5-6-8-11/h11-12H,2-10,14H2,1H3,(H,15,16). The Morgan fingerprint density at radius 3 is 2.24 bits per heavy atom. The number of nitrogens with zero attached hydrogens (tertiary/aromatic N) is 2. The Kier molecular flexibility index (Phi) is 4.66. The summed E-state index contributed by atoms with van der Waals surface area (Å²) < 4.78 is 0. The molecule has 0 heterocycles. The average molecular weight is 238 g/mol. The Balaban J connectivity index is 1.95. The number of nitrogens with two attached hydrogens (primary N) is 1. The van der Waals surface area contributed by atoms with Gasteiger partial charge in [-0.2, -0.15) is 0 Å². The van der Waals surface area contributed by atoms with Crippen molar-refractivity contribution >= 4 is 5.96 Å².